The minimum atomic E-state index is -0.531. The summed E-state index contributed by atoms with van der Waals surface area (Å²) in [4.78, 5) is 26.8. The molecule has 1 aromatic carbocycles. The molecule has 0 fully saturated rings. The number of nitro groups is 1. The SMILES string of the molecule is CCCCCCOc1c(OC)cc(/C=N\NC(=O)c2ccncc2)cc1[N+](=O)[O-]. The molecule has 1 N–H and O–H groups in total. The van der Waals surface area contributed by atoms with Gasteiger partial charge < -0.3 is 9.47 Å². The number of nitrogens with one attached hydrogen (secondary N) is 1. The molecule has 0 saturated heterocycles. The van der Waals surface area contributed by atoms with Crippen molar-refractivity contribution in [2.75, 3.05) is 13.7 Å². The van der Waals surface area contributed by atoms with Crippen molar-refractivity contribution in [3.63, 3.8) is 0 Å². The molecule has 29 heavy (non-hydrogen) atoms. The summed E-state index contributed by atoms with van der Waals surface area (Å²) in [7, 11) is 1.41. The van der Waals surface area contributed by atoms with Crippen LogP contribution in [-0.2, 0) is 0 Å². The van der Waals surface area contributed by atoms with Gasteiger partial charge in [-0.15, -0.1) is 0 Å². The fourth-order valence-corrected chi connectivity index (χ4v) is 2.55. The summed E-state index contributed by atoms with van der Waals surface area (Å²) in [6.45, 7) is 2.47. The number of ether oxygens (including phenoxy) is 2. The zero-order valence-electron chi connectivity index (χ0n) is 16.5. The molecule has 2 aromatic rings. The molecule has 0 radical (unpaired) electrons. The minimum Gasteiger partial charge on any atom is -0.493 e. The maximum absolute atomic E-state index is 12.0. The van der Waals surface area contributed by atoms with E-state index in [0.717, 1.165) is 25.7 Å². The first-order chi connectivity index (χ1) is 14.1. The second kappa shape index (κ2) is 11.4. The molecule has 0 saturated carbocycles. The third kappa shape index (κ3) is 6.56. The maximum atomic E-state index is 12.0. The molecule has 1 aromatic heterocycles. The van der Waals surface area contributed by atoms with E-state index >= 15 is 0 Å². The molecule has 0 aliphatic heterocycles. The molecular formula is C20H24N4O5. The molecule has 9 nitrogen and oxygen atoms in total. The predicted octanol–water partition coefficient (Wildman–Crippen LogP) is 3.72. The Bertz CT molecular complexity index is 855. The highest BCUT2D eigenvalue weighted by atomic mass is 16.6. The molecule has 0 aliphatic carbocycles. The molecule has 0 unspecified atom stereocenters. The number of benzene rings is 1. The van der Waals surface area contributed by atoms with Crippen LogP contribution >= 0.6 is 0 Å². The molecule has 1 heterocycles. The van der Waals surface area contributed by atoms with Gasteiger partial charge in [-0.05, 0) is 24.6 Å². The summed E-state index contributed by atoms with van der Waals surface area (Å²) in [6, 6.07) is 5.99. The average Bonchev–Trinajstić information content (AvgIpc) is 2.74. The topological polar surface area (TPSA) is 116 Å². The van der Waals surface area contributed by atoms with E-state index in [1.54, 1.807) is 18.2 Å². The zero-order chi connectivity index (χ0) is 21.1. The Hall–Kier alpha value is -3.49. The van der Waals surface area contributed by atoms with Crippen molar-refractivity contribution in [2.45, 2.75) is 32.6 Å². The van der Waals surface area contributed by atoms with Gasteiger partial charge in [0.05, 0.1) is 24.9 Å². The van der Waals surface area contributed by atoms with Crippen LogP contribution in [0.1, 0.15) is 48.5 Å². The third-order valence-electron chi connectivity index (χ3n) is 4.04. The second-order valence-corrected chi connectivity index (χ2v) is 6.17. The van der Waals surface area contributed by atoms with Crippen LogP contribution < -0.4 is 14.9 Å². The first-order valence-corrected chi connectivity index (χ1v) is 9.29. The van der Waals surface area contributed by atoms with Gasteiger partial charge in [-0.25, -0.2) is 5.43 Å². The molecule has 0 spiro atoms. The zero-order valence-corrected chi connectivity index (χ0v) is 16.5. The molecule has 154 valence electrons. The van der Waals surface area contributed by atoms with Crippen LogP contribution in [0.5, 0.6) is 11.5 Å². The van der Waals surface area contributed by atoms with Gasteiger partial charge in [-0.2, -0.15) is 5.10 Å². The number of hydrazone groups is 1. The second-order valence-electron chi connectivity index (χ2n) is 6.17. The third-order valence-corrected chi connectivity index (χ3v) is 4.04. The van der Waals surface area contributed by atoms with Crippen molar-refractivity contribution in [1.29, 1.82) is 0 Å². The summed E-state index contributed by atoms with van der Waals surface area (Å²) in [5.41, 5.74) is 2.93. The Morgan fingerprint density at radius 1 is 1.28 bits per heavy atom. The van der Waals surface area contributed by atoms with Crippen LogP contribution in [0.25, 0.3) is 0 Å². The number of unbranched alkanes of at least 4 members (excludes halogenated alkanes) is 3. The van der Waals surface area contributed by atoms with E-state index in [4.69, 9.17) is 9.47 Å². The van der Waals surface area contributed by atoms with Gasteiger partial charge in [-0.3, -0.25) is 19.9 Å². The van der Waals surface area contributed by atoms with Crippen LogP contribution in [0.3, 0.4) is 0 Å². The van der Waals surface area contributed by atoms with Crippen LogP contribution in [0.15, 0.2) is 41.8 Å². The van der Waals surface area contributed by atoms with Crippen molar-refractivity contribution in [2.24, 2.45) is 5.10 Å². The quantitative estimate of drug-likeness (QED) is 0.266. The maximum Gasteiger partial charge on any atom is 0.315 e. The Kier molecular flexibility index (Phi) is 8.55. The van der Waals surface area contributed by atoms with E-state index in [0.29, 0.717) is 17.7 Å². The predicted molar refractivity (Wildman–Crippen MR) is 109 cm³/mol. The number of amides is 1. The number of carbonyl (C=O) groups is 1. The number of rotatable bonds is 11. The van der Waals surface area contributed by atoms with Gasteiger partial charge in [0.15, 0.2) is 5.75 Å². The van der Waals surface area contributed by atoms with Gasteiger partial charge in [-0.1, -0.05) is 26.2 Å². The molecule has 2 rings (SSSR count). The lowest BCUT2D eigenvalue weighted by molar-refractivity contribution is -0.386. The van der Waals surface area contributed by atoms with Crippen molar-refractivity contribution in [3.8, 4) is 11.5 Å². The van der Waals surface area contributed by atoms with Crippen molar-refractivity contribution >= 4 is 17.8 Å². The van der Waals surface area contributed by atoms with E-state index in [1.165, 1.54) is 31.8 Å². The van der Waals surface area contributed by atoms with E-state index in [1.807, 2.05) is 0 Å². The summed E-state index contributed by atoms with van der Waals surface area (Å²) in [5.74, 6) is -0.0966. The van der Waals surface area contributed by atoms with Gasteiger partial charge in [0.2, 0.25) is 5.75 Å². The fraction of sp³-hybridized carbons (Fsp3) is 0.350. The van der Waals surface area contributed by atoms with E-state index < -0.39 is 10.8 Å². The Morgan fingerprint density at radius 2 is 2.03 bits per heavy atom. The molecular weight excluding hydrogens is 376 g/mol. The number of aromatic nitrogens is 1. The summed E-state index contributed by atoms with van der Waals surface area (Å²) in [6.07, 6.45) is 8.27. The molecule has 1 amide bonds. The fourth-order valence-electron chi connectivity index (χ4n) is 2.55. The summed E-state index contributed by atoms with van der Waals surface area (Å²) < 4.78 is 10.9. The summed E-state index contributed by atoms with van der Waals surface area (Å²) in [5, 5.41) is 15.3. The standard InChI is InChI=1S/C20H24N4O5/c1-3-4-5-6-11-29-19-17(24(26)27)12-15(13-18(19)28-2)14-22-23-20(25)16-7-9-21-10-8-16/h7-10,12-14H,3-6,11H2,1-2H3,(H,23,25)/b22-14-. The largest absolute Gasteiger partial charge is 0.493 e. The van der Waals surface area contributed by atoms with Crippen LogP contribution in [-0.4, -0.2) is 35.7 Å². The van der Waals surface area contributed by atoms with Crippen molar-refractivity contribution in [3.05, 3.63) is 57.9 Å². The minimum absolute atomic E-state index is 0.0898. The average molecular weight is 400 g/mol. The lowest BCUT2D eigenvalue weighted by Crippen LogP contribution is -2.17. The highest BCUT2D eigenvalue weighted by Gasteiger charge is 2.22. The Balaban J connectivity index is 2.13. The lowest BCUT2D eigenvalue weighted by atomic mass is 10.1. The highest BCUT2D eigenvalue weighted by molar-refractivity contribution is 5.94. The first kappa shape index (κ1) is 21.8. The number of methoxy groups -OCH3 is 1. The van der Waals surface area contributed by atoms with Gasteiger partial charge in [0.25, 0.3) is 5.91 Å². The highest BCUT2D eigenvalue weighted by Crippen LogP contribution is 2.38. The molecule has 0 bridgehead atoms. The Labute approximate surface area is 168 Å². The molecule has 0 atom stereocenters. The number of nitrogens with zero attached hydrogens (tertiary/aromatic N) is 3. The number of carbonyl (C=O) groups excluding carboxylic acids is 1. The van der Waals surface area contributed by atoms with Crippen molar-refractivity contribution < 1.29 is 19.2 Å². The number of hydrogen-bond acceptors (Lipinski definition) is 7. The van der Waals surface area contributed by atoms with Gasteiger partial charge >= 0.3 is 5.69 Å². The van der Waals surface area contributed by atoms with Crippen molar-refractivity contribution in [1.82, 2.24) is 10.4 Å². The van der Waals surface area contributed by atoms with Crippen LogP contribution in [0, 0.1) is 10.1 Å². The number of hydrogen-bond donors (Lipinski definition) is 1. The normalized spacial score (nSPS) is 10.7. The molecule has 0 aliphatic rings. The van der Waals surface area contributed by atoms with Crippen LogP contribution in [0.2, 0.25) is 0 Å². The van der Waals surface area contributed by atoms with E-state index in [9.17, 15) is 14.9 Å². The first-order valence-electron chi connectivity index (χ1n) is 9.29. The van der Waals surface area contributed by atoms with Crippen LogP contribution in [0.4, 0.5) is 5.69 Å². The van der Waals surface area contributed by atoms with E-state index in [2.05, 4.69) is 22.4 Å². The lowest BCUT2D eigenvalue weighted by Gasteiger charge is -2.12. The van der Waals surface area contributed by atoms with E-state index in [-0.39, 0.29) is 17.2 Å². The number of nitro benzene ring substituents is 1. The Morgan fingerprint density at radius 3 is 2.69 bits per heavy atom. The van der Waals surface area contributed by atoms with Gasteiger partial charge in [0.1, 0.15) is 0 Å². The summed E-state index contributed by atoms with van der Waals surface area (Å²) >= 11 is 0. The number of pyridine rings is 1. The van der Waals surface area contributed by atoms with Gasteiger partial charge in [0, 0.05) is 29.6 Å². The monoisotopic (exact) mass is 400 g/mol. The molecule has 9 heteroatoms. The smallest absolute Gasteiger partial charge is 0.315 e.